The number of likely N-dealkylation sites (tertiary alicyclic amines) is 1. The molecule has 1 aromatic carbocycles. The van der Waals surface area contributed by atoms with Gasteiger partial charge in [-0.1, -0.05) is 32.4 Å². The second kappa shape index (κ2) is 7.44. The number of nitrogens with one attached hydrogen (secondary N) is 1. The van der Waals surface area contributed by atoms with Crippen LogP contribution in [0.5, 0.6) is 0 Å². The van der Waals surface area contributed by atoms with E-state index in [0.29, 0.717) is 25.1 Å². The van der Waals surface area contributed by atoms with Gasteiger partial charge in [0, 0.05) is 18.7 Å². The van der Waals surface area contributed by atoms with E-state index in [-0.39, 0.29) is 27.8 Å². The van der Waals surface area contributed by atoms with Crippen LogP contribution >= 0.6 is 11.6 Å². The van der Waals surface area contributed by atoms with Gasteiger partial charge in [-0.2, -0.15) is 0 Å². The summed E-state index contributed by atoms with van der Waals surface area (Å²) in [4.78, 5) is 37.6. The van der Waals surface area contributed by atoms with Crippen molar-refractivity contribution in [2.45, 2.75) is 46.1 Å². The Morgan fingerprint density at radius 1 is 1.32 bits per heavy atom. The highest BCUT2D eigenvalue weighted by atomic mass is 35.5. The lowest BCUT2D eigenvalue weighted by atomic mass is 9.91. The third-order valence-electron chi connectivity index (χ3n) is 4.02. The monoisotopic (exact) mass is 366 g/mol. The van der Waals surface area contributed by atoms with Crippen molar-refractivity contribution in [2.24, 2.45) is 5.41 Å². The summed E-state index contributed by atoms with van der Waals surface area (Å²) in [6.45, 7) is 6.54. The topological polar surface area (TPSA) is 86.7 Å². The van der Waals surface area contributed by atoms with Crippen LogP contribution in [0.2, 0.25) is 5.02 Å². The molecule has 1 aliphatic heterocycles. The van der Waals surface area contributed by atoms with E-state index in [2.05, 4.69) is 5.32 Å². The van der Waals surface area contributed by atoms with Gasteiger partial charge in [0.2, 0.25) is 11.8 Å². The zero-order valence-corrected chi connectivity index (χ0v) is 15.4. The van der Waals surface area contributed by atoms with Gasteiger partial charge < -0.3 is 15.3 Å². The Morgan fingerprint density at radius 2 is 2.00 bits per heavy atom. The molecule has 1 aromatic rings. The highest BCUT2D eigenvalue weighted by Gasteiger charge is 2.35. The first-order valence-electron chi connectivity index (χ1n) is 8.22. The maximum atomic E-state index is 12.6. The molecule has 0 radical (unpaired) electrons. The van der Waals surface area contributed by atoms with E-state index in [4.69, 9.17) is 16.7 Å². The van der Waals surface area contributed by atoms with Crippen molar-refractivity contribution < 1.29 is 19.5 Å². The van der Waals surface area contributed by atoms with E-state index in [1.807, 2.05) is 20.8 Å². The van der Waals surface area contributed by atoms with Crippen LogP contribution in [0.1, 0.15) is 50.4 Å². The average molecular weight is 367 g/mol. The Morgan fingerprint density at radius 3 is 2.56 bits per heavy atom. The lowest BCUT2D eigenvalue weighted by Gasteiger charge is -2.27. The fourth-order valence-electron chi connectivity index (χ4n) is 2.88. The first-order valence-corrected chi connectivity index (χ1v) is 8.59. The normalized spacial score (nSPS) is 17.4. The van der Waals surface area contributed by atoms with Crippen LogP contribution in [-0.2, 0) is 9.59 Å². The van der Waals surface area contributed by atoms with E-state index >= 15 is 0 Å². The van der Waals surface area contributed by atoms with Crippen LogP contribution in [0.3, 0.4) is 0 Å². The molecular formula is C18H23ClN2O4. The number of hydrogen-bond donors (Lipinski definition) is 2. The highest BCUT2D eigenvalue weighted by molar-refractivity contribution is 6.33. The quantitative estimate of drug-likeness (QED) is 0.854. The molecule has 1 unspecified atom stereocenters. The number of carboxylic acid groups (broad SMARTS) is 1. The number of rotatable bonds is 4. The Bertz CT molecular complexity index is 697. The maximum absolute atomic E-state index is 12.6. The molecule has 1 atom stereocenters. The van der Waals surface area contributed by atoms with Crippen LogP contribution in [0.4, 0.5) is 5.69 Å². The maximum Gasteiger partial charge on any atom is 0.337 e. The second-order valence-corrected chi connectivity index (χ2v) is 7.88. The summed E-state index contributed by atoms with van der Waals surface area (Å²) < 4.78 is 0. The molecule has 2 amide bonds. The third kappa shape index (κ3) is 4.95. The van der Waals surface area contributed by atoms with Crippen molar-refractivity contribution in [2.75, 3.05) is 11.9 Å². The Kier molecular flexibility index (Phi) is 5.72. The zero-order chi connectivity index (χ0) is 18.8. The Labute approximate surface area is 152 Å². The summed E-state index contributed by atoms with van der Waals surface area (Å²) in [6, 6.07) is 3.73. The van der Waals surface area contributed by atoms with Gasteiger partial charge in [-0.05, 0) is 36.5 Å². The van der Waals surface area contributed by atoms with Crippen LogP contribution in [0.25, 0.3) is 0 Å². The molecule has 0 aliphatic carbocycles. The lowest BCUT2D eigenvalue weighted by molar-refractivity contribution is -0.138. The van der Waals surface area contributed by atoms with E-state index in [0.717, 1.165) is 6.42 Å². The molecule has 1 aliphatic rings. The summed E-state index contributed by atoms with van der Waals surface area (Å²) in [6.07, 6.45) is 1.78. The minimum Gasteiger partial charge on any atom is -0.478 e. The summed E-state index contributed by atoms with van der Waals surface area (Å²) >= 11 is 5.92. The number of nitrogens with zero attached hydrogens (tertiary/aromatic N) is 1. The predicted molar refractivity (Wildman–Crippen MR) is 95.8 cm³/mol. The molecular weight excluding hydrogens is 344 g/mol. The minimum absolute atomic E-state index is 0.0237. The number of carbonyl (C=O) groups excluding carboxylic acids is 2. The predicted octanol–water partition coefficient (Wildman–Crippen LogP) is 3.40. The molecule has 136 valence electrons. The van der Waals surface area contributed by atoms with Crippen molar-refractivity contribution in [1.82, 2.24) is 4.90 Å². The van der Waals surface area contributed by atoms with E-state index in [1.54, 1.807) is 4.90 Å². The molecule has 2 N–H and O–H groups in total. The number of amides is 2. The van der Waals surface area contributed by atoms with Crippen LogP contribution in [0, 0.1) is 5.41 Å². The van der Waals surface area contributed by atoms with Gasteiger partial charge in [0.25, 0.3) is 0 Å². The van der Waals surface area contributed by atoms with Crippen molar-refractivity contribution in [3.63, 3.8) is 0 Å². The van der Waals surface area contributed by atoms with Gasteiger partial charge in [0.1, 0.15) is 6.04 Å². The summed E-state index contributed by atoms with van der Waals surface area (Å²) in [7, 11) is 0. The standard InChI is InChI=1S/C18H23ClN2O4/c1-18(2,3)10-15(22)21-8-4-5-14(21)16(23)20-11-6-7-12(17(24)25)13(19)9-11/h6-7,9,14H,4-5,8,10H2,1-3H3,(H,20,23)(H,24,25). The molecule has 6 nitrogen and oxygen atoms in total. The van der Waals surface area contributed by atoms with Crippen LogP contribution in [0.15, 0.2) is 18.2 Å². The first-order chi connectivity index (χ1) is 11.6. The van der Waals surface area contributed by atoms with Crippen LogP contribution < -0.4 is 5.32 Å². The smallest absolute Gasteiger partial charge is 0.337 e. The molecule has 1 saturated heterocycles. The zero-order valence-electron chi connectivity index (χ0n) is 14.6. The number of benzene rings is 1. The van der Waals surface area contributed by atoms with Gasteiger partial charge in [-0.3, -0.25) is 9.59 Å². The Hall–Kier alpha value is -2.08. The van der Waals surface area contributed by atoms with Crippen LogP contribution in [-0.4, -0.2) is 40.4 Å². The number of aromatic carboxylic acids is 1. The fraction of sp³-hybridized carbons (Fsp3) is 0.500. The van der Waals surface area contributed by atoms with E-state index < -0.39 is 12.0 Å². The second-order valence-electron chi connectivity index (χ2n) is 7.47. The average Bonchev–Trinajstić information content (AvgIpc) is 2.94. The molecule has 0 saturated carbocycles. The third-order valence-corrected chi connectivity index (χ3v) is 4.34. The number of anilines is 1. The number of hydrogen-bond acceptors (Lipinski definition) is 3. The van der Waals surface area contributed by atoms with Crippen molar-refractivity contribution in [3.8, 4) is 0 Å². The molecule has 2 rings (SSSR count). The molecule has 1 fully saturated rings. The molecule has 0 spiro atoms. The SMILES string of the molecule is CC(C)(C)CC(=O)N1CCCC1C(=O)Nc1ccc(C(=O)O)c(Cl)c1. The van der Waals surface area contributed by atoms with Gasteiger partial charge in [0.15, 0.2) is 0 Å². The number of halogens is 1. The largest absolute Gasteiger partial charge is 0.478 e. The lowest BCUT2D eigenvalue weighted by Crippen LogP contribution is -2.44. The van der Waals surface area contributed by atoms with E-state index in [1.165, 1.54) is 18.2 Å². The van der Waals surface area contributed by atoms with Crippen molar-refractivity contribution in [1.29, 1.82) is 0 Å². The molecule has 0 bridgehead atoms. The van der Waals surface area contributed by atoms with E-state index in [9.17, 15) is 14.4 Å². The van der Waals surface area contributed by atoms with Gasteiger partial charge in [-0.25, -0.2) is 4.79 Å². The fourth-order valence-corrected chi connectivity index (χ4v) is 3.15. The highest BCUT2D eigenvalue weighted by Crippen LogP contribution is 2.26. The number of carboxylic acids is 1. The molecule has 7 heteroatoms. The summed E-state index contributed by atoms with van der Waals surface area (Å²) in [5.41, 5.74) is 0.249. The summed E-state index contributed by atoms with van der Waals surface area (Å²) in [5, 5.41) is 11.8. The van der Waals surface area contributed by atoms with Gasteiger partial charge in [-0.15, -0.1) is 0 Å². The van der Waals surface area contributed by atoms with Crippen molar-refractivity contribution in [3.05, 3.63) is 28.8 Å². The molecule has 1 heterocycles. The van der Waals surface area contributed by atoms with Gasteiger partial charge >= 0.3 is 5.97 Å². The number of carbonyl (C=O) groups is 3. The minimum atomic E-state index is -1.13. The molecule has 0 aromatic heterocycles. The van der Waals surface area contributed by atoms with Gasteiger partial charge in [0.05, 0.1) is 10.6 Å². The molecule has 25 heavy (non-hydrogen) atoms. The summed E-state index contributed by atoms with van der Waals surface area (Å²) in [5.74, 6) is -1.43. The Balaban J connectivity index is 2.08. The van der Waals surface area contributed by atoms with Crippen molar-refractivity contribution >= 4 is 35.1 Å². The first kappa shape index (κ1) is 19.2.